The van der Waals surface area contributed by atoms with Crippen LogP contribution >= 0.6 is 11.6 Å². The Labute approximate surface area is 163 Å². The third-order valence-corrected chi connectivity index (χ3v) is 5.93. The Morgan fingerprint density at radius 3 is 2.93 bits per heavy atom. The Balaban J connectivity index is 1.53. The van der Waals surface area contributed by atoms with Gasteiger partial charge in [-0.25, -0.2) is 0 Å². The second-order valence-electron chi connectivity index (χ2n) is 7.68. The van der Waals surface area contributed by atoms with Crippen molar-refractivity contribution in [3.05, 3.63) is 34.5 Å². The molecule has 6 nitrogen and oxygen atoms in total. The largest absolute Gasteiger partial charge is 0.358 e. The van der Waals surface area contributed by atoms with Gasteiger partial charge < -0.3 is 15.2 Å². The zero-order chi connectivity index (χ0) is 19.1. The minimum absolute atomic E-state index is 0.0322. The fourth-order valence-corrected chi connectivity index (χ4v) is 4.43. The minimum Gasteiger partial charge on any atom is -0.358 e. The van der Waals surface area contributed by atoms with Crippen molar-refractivity contribution in [3.63, 3.8) is 0 Å². The molecule has 2 N–H and O–H groups in total. The van der Waals surface area contributed by atoms with Gasteiger partial charge in [0.1, 0.15) is 0 Å². The van der Waals surface area contributed by atoms with Crippen LogP contribution < -0.4 is 5.32 Å². The van der Waals surface area contributed by atoms with Crippen LogP contribution in [0, 0.1) is 0 Å². The SMILES string of the molecule is CC(C)N1CCNC(=O)[C@H]1CC(=O)N1CCc2[nH]c3ccc(Cl)cc3c2C1. The molecule has 1 aromatic carbocycles. The molecular weight excluding hydrogens is 364 g/mol. The average molecular weight is 389 g/mol. The van der Waals surface area contributed by atoms with Crippen molar-refractivity contribution in [1.82, 2.24) is 20.1 Å². The van der Waals surface area contributed by atoms with Gasteiger partial charge in [0.15, 0.2) is 0 Å². The number of nitrogens with zero attached hydrogens (tertiary/aromatic N) is 2. The fourth-order valence-electron chi connectivity index (χ4n) is 4.25. The normalized spacial score (nSPS) is 20.8. The third kappa shape index (κ3) is 3.44. The molecule has 7 heteroatoms. The summed E-state index contributed by atoms with van der Waals surface area (Å²) in [5, 5.41) is 4.67. The molecule has 1 aromatic heterocycles. The van der Waals surface area contributed by atoms with Gasteiger partial charge in [-0.3, -0.25) is 14.5 Å². The van der Waals surface area contributed by atoms with Gasteiger partial charge in [0.05, 0.1) is 12.5 Å². The lowest BCUT2D eigenvalue weighted by molar-refractivity contribution is -0.140. The number of benzene rings is 1. The van der Waals surface area contributed by atoms with E-state index in [0.717, 1.165) is 29.4 Å². The molecule has 1 fully saturated rings. The van der Waals surface area contributed by atoms with E-state index in [1.807, 2.05) is 23.1 Å². The second kappa shape index (κ2) is 7.17. The maximum absolute atomic E-state index is 13.0. The molecule has 0 radical (unpaired) electrons. The van der Waals surface area contributed by atoms with Crippen molar-refractivity contribution in [2.45, 2.75) is 45.3 Å². The Kier molecular flexibility index (Phi) is 4.86. The number of piperazine rings is 1. The number of H-pyrrole nitrogens is 1. The highest BCUT2D eigenvalue weighted by Crippen LogP contribution is 2.30. The number of carbonyl (C=O) groups is 2. The lowest BCUT2D eigenvalue weighted by atomic mass is 10.0. The van der Waals surface area contributed by atoms with Crippen LogP contribution in [0.4, 0.5) is 0 Å². The minimum atomic E-state index is -0.384. The zero-order valence-corrected chi connectivity index (χ0v) is 16.5. The summed E-state index contributed by atoms with van der Waals surface area (Å²) in [6.45, 7) is 6.79. The molecule has 144 valence electrons. The van der Waals surface area contributed by atoms with Crippen LogP contribution in [0.5, 0.6) is 0 Å². The van der Waals surface area contributed by atoms with Gasteiger partial charge in [-0.1, -0.05) is 11.6 Å². The topological polar surface area (TPSA) is 68.4 Å². The lowest BCUT2D eigenvalue weighted by Gasteiger charge is -2.38. The maximum atomic E-state index is 13.0. The summed E-state index contributed by atoms with van der Waals surface area (Å²) in [5.74, 6) is -0.00963. The Hall–Kier alpha value is -2.05. The molecule has 1 saturated heterocycles. The summed E-state index contributed by atoms with van der Waals surface area (Å²) in [4.78, 5) is 32.8. The summed E-state index contributed by atoms with van der Waals surface area (Å²) >= 11 is 6.16. The number of amides is 2. The van der Waals surface area contributed by atoms with Crippen molar-refractivity contribution >= 4 is 34.3 Å². The highest BCUT2D eigenvalue weighted by molar-refractivity contribution is 6.31. The number of aromatic amines is 1. The molecule has 0 aliphatic carbocycles. The number of nitrogens with one attached hydrogen (secondary N) is 2. The van der Waals surface area contributed by atoms with Gasteiger partial charge in [0, 0.05) is 65.8 Å². The van der Waals surface area contributed by atoms with Crippen LogP contribution in [-0.2, 0) is 22.6 Å². The lowest BCUT2D eigenvalue weighted by Crippen LogP contribution is -2.58. The van der Waals surface area contributed by atoms with Crippen molar-refractivity contribution in [3.8, 4) is 0 Å². The molecule has 2 aromatic rings. The van der Waals surface area contributed by atoms with Crippen molar-refractivity contribution < 1.29 is 9.59 Å². The number of hydrogen-bond acceptors (Lipinski definition) is 3. The molecule has 0 saturated carbocycles. The Morgan fingerprint density at radius 1 is 1.33 bits per heavy atom. The monoisotopic (exact) mass is 388 g/mol. The van der Waals surface area contributed by atoms with Gasteiger partial charge in [-0.15, -0.1) is 0 Å². The van der Waals surface area contributed by atoms with E-state index in [1.165, 1.54) is 5.69 Å². The molecule has 0 spiro atoms. The van der Waals surface area contributed by atoms with E-state index in [1.54, 1.807) is 0 Å². The van der Waals surface area contributed by atoms with Crippen molar-refractivity contribution in [2.75, 3.05) is 19.6 Å². The smallest absolute Gasteiger partial charge is 0.237 e. The first-order valence-corrected chi connectivity index (χ1v) is 9.92. The summed E-state index contributed by atoms with van der Waals surface area (Å²) in [7, 11) is 0. The third-order valence-electron chi connectivity index (χ3n) is 5.69. The number of aromatic nitrogens is 1. The quantitative estimate of drug-likeness (QED) is 0.847. The first-order valence-electron chi connectivity index (χ1n) is 9.54. The summed E-state index contributed by atoms with van der Waals surface area (Å²) in [6, 6.07) is 5.66. The van der Waals surface area contributed by atoms with Crippen LogP contribution in [0.3, 0.4) is 0 Å². The maximum Gasteiger partial charge on any atom is 0.237 e. The molecule has 2 aliphatic rings. The highest BCUT2D eigenvalue weighted by atomic mass is 35.5. The van der Waals surface area contributed by atoms with E-state index in [2.05, 4.69) is 29.0 Å². The molecule has 27 heavy (non-hydrogen) atoms. The molecule has 1 atom stereocenters. The average Bonchev–Trinajstić information content (AvgIpc) is 3.00. The number of rotatable bonds is 3. The van der Waals surface area contributed by atoms with Crippen molar-refractivity contribution in [1.29, 1.82) is 0 Å². The molecular formula is C20H25ClN4O2. The first kappa shape index (κ1) is 18.3. The standard InChI is InChI=1S/C20H25ClN4O2/c1-12(2)25-8-6-22-20(27)18(25)10-19(26)24-7-5-17-15(11-24)14-9-13(21)3-4-16(14)23-17/h3-4,9,12,18,23H,5-8,10-11H2,1-2H3,(H,22,27)/t18-/m1/s1. The zero-order valence-electron chi connectivity index (χ0n) is 15.7. The van der Waals surface area contributed by atoms with E-state index in [9.17, 15) is 9.59 Å². The molecule has 0 bridgehead atoms. The second-order valence-corrected chi connectivity index (χ2v) is 8.12. The van der Waals surface area contributed by atoms with E-state index < -0.39 is 0 Å². The van der Waals surface area contributed by atoms with E-state index in [0.29, 0.717) is 24.7 Å². The van der Waals surface area contributed by atoms with Gasteiger partial charge in [0.2, 0.25) is 11.8 Å². The summed E-state index contributed by atoms with van der Waals surface area (Å²) < 4.78 is 0. The molecule has 3 heterocycles. The predicted molar refractivity (Wildman–Crippen MR) is 106 cm³/mol. The number of halogens is 1. The highest BCUT2D eigenvalue weighted by Gasteiger charge is 2.35. The van der Waals surface area contributed by atoms with Crippen LogP contribution in [0.25, 0.3) is 10.9 Å². The number of fused-ring (bicyclic) bond motifs is 3. The number of carbonyl (C=O) groups excluding carboxylic acids is 2. The van der Waals surface area contributed by atoms with Crippen LogP contribution in [-0.4, -0.2) is 58.3 Å². The Morgan fingerprint density at radius 2 is 2.15 bits per heavy atom. The van der Waals surface area contributed by atoms with Crippen LogP contribution in [0.15, 0.2) is 18.2 Å². The van der Waals surface area contributed by atoms with E-state index in [4.69, 9.17) is 11.6 Å². The van der Waals surface area contributed by atoms with Gasteiger partial charge >= 0.3 is 0 Å². The van der Waals surface area contributed by atoms with Gasteiger partial charge in [0.25, 0.3) is 0 Å². The van der Waals surface area contributed by atoms with Gasteiger partial charge in [-0.2, -0.15) is 0 Å². The molecule has 4 rings (SSSR count). The number of hydrogen-bond donors (Lipinski definition) is 2. The van der Waals surface area contributed by atoms with Gasteiger partial charge in [-0.05, 0) is 32.0 Å². The van der Waals surface area contributed by atoms with Crippen LogP contribution in [0.2, 0.25) is 5.02 Å². The summed E-state index contributed by atoms with van der Waals surface area (Å²) in [6.07, 6.45) is 1.01. The van der Waals surface area contributed by atoms with E-state index >= 15 is 0 Å². The summed E-state index contributed by atoms with van der Waals surface area (Å²) in [5.41, 5.74) is 3.37. The predicted octanol–water partition coefficient (Wildman–Crippen LogP) is 2.30. The Bertz CT molecular complexity index is 891. The molecule has 0 unspecified atom stereocenters. The first-order chi connectivity index (χ1) is 12.9. The van der Waals surface area contributed by atoms with Crippen LogP contribution in [0.1, 0.15) is 31.5 Å². The molecule has 2 aliphatic heterocycles. The molecule has 2 amide bonds. The van der Waals surface area contributed by atoms with E-state index in [-0.39, 0.29) is 30.3 Å². The fraction of sp³-hybridized carbons (Fsp3) is 0.500. The van der Waals surface area contributed by atoms with Crippen molar-refractivity contribution in [2.24, 2.45) is 0 Å².